The number of aliphatic hydroxyl groups is 2. The predicted molar refractivity (Wildman–Crippen MR) is 105 cm³/mol. The average Bonchev–Trinajstić information content (AvgIpc) is 2.95. The summed E-state index contributed by atoms with van der Waals surface area (Å²) in [5, 5.41) is 21.2. The van der Waals surface area contributed by atoms with Gasteiger partial charge in [0.15, 0.2) is 0 Å². The highest BCUT2D eigenvalue weighted by Gasteiger charge is 2.42. The Hall–Kier alpha value is -1.14. The van der Waals surface area contributed by atoms with Crippen LogP contribution in [0.4, 0.5) is 5.69 Å². The first kappa shape index (κ1) is 18.2. The van der Waals surface area contributed by atoms with E-state index in [4.69, 9.17) is 0 Å². The maximum atomic E-state index is 11.2. The number of aryl methyl sites for hydroxylation is 1. The second-order valence-corrected chi connectivity index (χ2v) is 8.77. The summed E-state index contributed by atoms with van der Waals surface area (Å²) in [7, 11) is 0. The van der Waals surface area contributed by atoms with E-state index in [1.54, 1.807) is 0 Å². The van der Waals surface area contributed by atoms with E-state index in [-0.39, 0.29) is 6.10 Å². The molecule has 1 aromatic rings. The van der Waals surface area contributed by atoms with Gasteiger partial charge in [0.2, 0.25) is 0 Å². The lowest BCUT2D eigenvalue weighted by Crippen LogP contribution is -2.60. The van der Waals surface area contributed by atoms with Crippen LogP contribution in [0.2, 0.25) is 0 Å². The number of piperidine rings is 1. The number of nitrogens with zero attached hydrogens (tertiary/aromatic N) is 3. The van der Waals surface area contributed by atoms with Crippen LogP contribution < -0.4 is 4.90 Å². The fourth-order valence-corrected chi connectivity index (χ4v) is 5.12. The molecule has 1 aromatic carbocycles. The highest BCUT2D eigenvalue weighted by Crippen LogP contribution is 2.31. The second-order valence-electron chi connectivity index (χ2n) is 8.77. The molecule has 0 aromatic heterocycles. The number of hydrogen-bond donors (Lipinski definition) is 2. The van der Waals surface area contributed by atoms with E-state index >= 15 is 0 Å². The van der Waals surface area contributed by atoms with Gasteiger partial charge in [0.25, 0.3) is 0 Å². The molecule has 5 heteroatoms. The smallest absolute Gasteiger partial charge is 0.0807 e. The zero-order valence-electron chi connectivity index (χ0n) is 16.1. The van der Waals surface area contributed by atoms with Gasteiger partial charge in [0.05, 0.1) is 11.7 Å². The van der Waals surface area contributed by atoms with Crippen molar-refractivity contribution in [1.82, 2.24) is 9.80 Å². The third-order valence-electron chi connectivity index (χ3n) is 6.72. The molecule has 0 aliphatic carbocycles. The van der Waals surface area contributed by atoms with Crippen LogP contribution in [-0.4, -0.2) is 83.1 Å². The summed E-state index contributed by atoms with van der Waals surface area (Å²) in [5.41, 5.74) is 2.02. The fourth-order valence-electron chi connectivity index (χ4n) is 5.12. The monoisotopic (exact) mass is 359 g/mol. The van der Waals surface area contributed by atoms with E-state index < -0.39 is 5.60 Å². The summed E-state index contributed by atoms with van der Waals surface area (Å²) >= 11 is 0. The number of para-hydroxylation sites is 1. The molecule has 0 bridgehead atoms. The molecule has 0 amide bonds. The largest absolute Gasteiger partial charge is 0.392 e. The molecular weight excluding hydrogens is 326 g/mol. The van der Waals surface area contributed by atoms with Gasteiger partial charge in [0.1, 0.15) is 0 Å². The number of piperazine rings is 1. The molecule has 144 valence electrons. The van der Waals surface area contributed by atoms with E-state index in [2.05, 4.69) is 52.8 Å². The quantitative estimate of drug-likeness (QED) is 0.856. The number of benzene rings is 1. The van der Waals surface area contributed by atoms with Gasteiger partial charge in [0, 0.05) is 57.0 Å². The number of aliphatic hydroxyl groups excluding tert-OH is 1. The molecular formula is C21H33N3O2. The van der Waals surface area contributed by atoms with Gasteiger partial charge in [-0.3, -0.25) is 9.80 Å². The standard InChI is InChI=1S/C21H33N3O2/c1-16-5-3-4-6-20(16)22-9-7-21(26,8-10-22)15-24-13-18-11-19(25)14-23(18)12-17(24)2/h3-6,17-19,25-26H,7-15H2,1-2H3/t17-,18+,19+/m0/s1. The van der Waals surface area contributed by atoms with Crippen molar-refractivity contribution < 1.29 is 10.2 Å². The maximum Gasteiger partial charge on any atom is 0.0807 e. The Kier molecular flexibility index (Phi) is 4.99. The second kappa shape index (κ2) is 7.12. The van der Waals surface area contributed by atoms with E-state index in [1.165, 1.54) is 11.3 Å². The van der Waals surface area contributed by atoms with Gasteiger partial charge in [-0.05, 0) is 44.7 Å². The molecule has 2 N–H and O–H groups in total. The van der Waals surface area contributed by atoms with Crippen molar-refractivity contribution in [2.45, 2.75) is 56.9 Å². The number of fused-ring (bicyclic) bond motifs is 1. The molecule has 4 rings (SSSR count). The summed E-state index contributed by atoms with van der Waals surface area (Å²) in [6.07, 6.45) is 2.35. The lowest BCUT2D eigenvalue weighted by atomic mass is 9.89. The van der Waals surface area contributed by atoms with Gasteiger partial charge >= 0.3 is 0 Å². The van der Waals surface area contributed by atoms with Crippen molar-refractivity contribution in [3.63, 3.8) is 0 Å². The Labute approximate surface area is 157 Å². The molecule has 3 heterocycles. The van der Waals surface area contributed by atoms with Crippen molar-refractivity contribution in [3.05, 3.63) is 29.8 Å². The number of β-amino-alcohol motifs (C(OH)–C–C–N with tert-alkyl or cyclic N) is 1. The van der Waals surface area contributed by atoms with Crippen LogP contribution in [0.3, 0.4) is 0 Å². The third-order valence-corrected chi connectivity index (χ3v) is 6.72. The zero-order chi connectivity index (χ0) is 18.3. The van der Waals surface area contributed by atoms with E-state index in [0.29, 0.717) is 12.1 Å². The molecule has 0 unspecified atom stereocenters. The Morgan fingerprint density at radius 3 is 2.58 bits per heavy atom. The summed E-state index contributed by atoms with van der Waals surface area (Å²) in [4.78, 5) is 7.30. The van der Waals surface area contributed by atoms with Crippen molar-refractivity contribution in [2.75, 3.05) is 44.2 Å². The summed E-state index contributed by atoms with van der Waals surface area (Å²) < 4.78 is 0. The Morgan fingerprint density at radius 1 is 1.12 bits per heavy atom. The van der Waals surface area contributed by atoms with Crippen LogP contribution >= 0.6 is 0 Å². The minimum absolute atomic E-state index is 0.174. The van der Waals surface area contributed by atoms with Crippen LogP contribution in [-0.2, 0) is 0 Å². The minimum Gasteiger partial charge on any atom is -0.392 e. The predicted octanol–water partition coefficient (Wildman–Crippen LogP) is 1.47. The zero-order valence-corrected chi connectivity index (χ0v) is 16.1. The van der Waals surface area contributed by atoms with Crippen molar-refractivity contribution in [2.24, 2.45) is 0 Å². The fraction of sp³-hybridized carbons (Fsp3) is 0.714. The van der Waals surface area contributed by atoms with Crippen LogP contribution in [0.1, 0.15) is 31.7 Å². The summed E-state index contributed by atoms with van der Waals surface area (Å²) in [5.74, 6) is 0. The summed E-state index contributed by atoms with van der Waals surface area (Å²) in [6, 6.07) is 9.42. The molecule has 3 aliphatic heterocycles. The number of hydrogen-bond acceptors (Lipinski definition) is 5. The SMILES string of the molecule is Cc1ccccc1N1CCC(O)(CN2C[C@H]3C[C@@H](O)CN3C[C@@H]2C)CC1. The lowest BCUT2D eigenvalue weighted by molar-refractivity contribution is -0.0472. The topological polar surface area (TPSA) is 50.2 Å². The number of rotatable bonds is 3. The molecule has 3 aliphatic rings. The summed E-state index contributed by atoms with van der Waals surface area (Å²) in [6.45, 7) is 9.81. The number of anilines is 1. The van der Waals surface area contributed by atoms with Gasteiger partial charge in [-0.15, -0.1) is 0 Å². The molecule has 0 spiro atoms. The molecule has 3 atom stereocenters. The van der Waals surface area contributed by atoms with Gasteiger partial charge in [-0.1, -0.05) is 18.2 Å². The van der Waals surface area contributed by atoms with Crippen LogP contribution in [0.25, 0.3) is 0 Å². The van der Waals surface area contributed by atoms with Gasteiger partial charge < -0.3 is 15.1 Å². The molecule has 26 heavy (non-hydrogen) atoms. The minimum atomic E-state index is -0.590. The first-order valence-corrected chi connectivity index (χ1v) is 10.1. The molecule has 3 saturated heterocycles. The molecule has 0 saturated carbocycles. The molecule has 0 radical (unpaired) electrons. The molecule has 3 fully saturated rings. The maximum absolute atomic E-state index is 11.2. The normalized spacial score (nSPS) is 32.6. The Morgan fingerprint density at radius 2 is 1.85 bits per heavy atom. The van der Waals surface area contributed by atoms with Crippen LogP contribution in [0, 0.1) is 6.92 Å². The van der Waals surface area contributed by atoms with Crippen molar-refractivity contribution in [3.8, 4) is 0 Å². The van der Waals surface area contributed by atoms with E-state index in [1.807, 2.05) is 0 Å². The Balaban J connectivity index is 1.36. The van der Waals surface area contributed by atoms with E-state index in [0.717, 1.165) is 58.5 Å². The highest BCUT2D eigenvalue weighted by molar-refractivity contribution is 5.53. The third kappa shape index (κ3) is 3.63. The van der Waals surface area contributed by atoms with Gasteiger partial charge in [-0.25, -0.2) is 0 Å². The van der Waals surface area contributed by atoms with Crippen molar-refractivity contribution in [1.29, 1.82) is 0 Å². The van der Waals surface area contributed by atoms with Crippen LogP contribution in [0.5, 0.6) is 0 Å². The van der Waals surface area contributed by atoms with E-state index in [9.17, 15) is 10.2 Å². The Bertz CT molecular complexity index is 629. The van der Waals surface area contributed by atoms with Gasteiger partial charge in [-0.2, -0.15) is 0 Å². The average molecular weight is 360 g/mol. The first-order chi connectivity index (χ1) is 12.4. The lowest BCUT2D eigenvalue weighted by Gasteiger charge is -2.47. The first-order valence-electron chi connectivity index (χ1n) is 10.1. The van der Waals surface area contributed by atoms with Crippen molar-refractivity contribution >= 4 is 5.69 Å². The molecule has 5 nitrogen and oxygen atoms in total. The highest BCUT2D eigenvalue weighted by atomic mass is 16.3. The van der Waals surface area contributed by atoms with Crippen LogP contribution in [0.15, 0.2) is 24.3 Å².